The molecule has 4 saturated carbocycles. The van der Waals surface area contributed by atoms with E-state index < -0.39 is 0 Å². The molecule has 37 heavy (non-hydrogen) atoms. The van der Waals surface area contributed by atoms with Gasteiger partial charge in [0.15, 0.2) is 5.60 Å². The summed E-state index contributed by atoms with van der Waals surface area (Å²) in [5, 5.41) is 0.749. The van der Waals surface area contributed by atoms with Gasteiger partial charge >= 0.3 is 0 Å². The Morgan fingerprint density at radius 1 is 0.946 bits per heavy atom. The van der Waals surface area contributed by atoms with Crippen LogP contribution < -0.4 is 0 Å². The third kappa shape index (κ3) is 4.42. The number of ether oxygens (including phenoxy) is 1. The van der Waals surface area contributed by atoms with Gasteiger partial charge in [-0.25, -0.2) is 0 Å². The number of hydrogen-bond acceptors (Lipinski definition) is 1. The van der Waals surface area contributed by atoms with Gasteiger partial charge in [0.05, 0.1) is 5.02 Å². The van der Waals surface area contributed by atoms with Crippen LogP contribution in [-0.4, -0.2) is 11.7 Å². The summed E-state index contributed by atoms with van der Waals surface area (Å²) >= 11 is 6.39. The molecule has 1 nitrogen and oxygen atoms in total. The molecule has 1 heterocycles. The molecular formula is C35H49ClO. The number of fused-ring (bicyclic) bond motifs is 6. The second kappa shape index (κ2) is 9.59. The zero-order valence-corrected chi connectivity index (χ0v) is 24.7. The van der Waals surface area contributed by atoms with Crippen molar-refractivity contribution in [2.75, 3.05) is 0 Å². The summed E-state index contributed by atoms with van der Waals surface area (Å²) in [6.45, 7) is 12.7. The molecule has 10 atom stereocenters. The summed E-state index contributed by atoms with van der Waals surface area (Å²) < 4.78 is 6.46. The Kier molecular flexibility index (Phi) is 6.81. The average molecular weight is 521 g/mol. The molecule has 0 N–H and O–H groups in total. The van der Waals surface area contributed by atoms with Crippen molar-refractivity contribution in [1.29, 1.82) is 0 Å². The maximum Gasteiger partial charge on any atom is 0.155 e. The Morgan fingerprint density at radius 3 is 2.51 bits per heavy atom. The molecule has 5 aliphatic rings. The molecule has 1 saturated heterocycles. The van der Waals surface area contributed by atoms with Crippen LogP contribution in [0.2, 0.25) is 5.02 Å². The van der Waals surface area contributed by atoms with Crippen LogP contribution in [0.25, 0.3) is 0 Å². The van der Waals surface area contributed by atoms with Crippen LogP contribution in [0.5, 0.6) is 0 Å². The molecule has 0 bridgehead atoms. The summed E-state index contributed by atoms with van der Waals surface area (Å²) in [5.74, 6) is 13.2. The highest BCUT2D eigenvalue weighted by Gasteiger charge is 2.68. The molecule has 0 aromatic heterocycles. The number of benzene rings is 1. The third-order valence-corrected chi connectivity index (χ3v) is 12.9. The van der Waals surface area contributed by atoms with E-state index >= 15 is 0 Å². The molecular weight excluding hydrogens is 472 g/mol. The zero-order valence-electron chi connectivity index (χ0n) is 24.0. The fourth-order valence-corrected chi connectivity index (χ4v) is 10.7. The monoisotopic (exact) mass is 520 g/mol. The van der Waals surface area contributed by atoms with E-state index in [2.05, 4.69) is 46.5 Å². The largest absolute Gasteiger partial charge is 0.352 e. The van der Waals surface area contributed by atoms with Crippen molar-refractivity contribution in [3.63, 3.8) is 0 Å². The maximum absolute atomic E-state index is 6.46. The van der Waals surface area contributed by atoms with Gasteiger partial charge in [-0.3, -0.25) is 0 Å². The maximum atomic E-state index is 6.46. The second-order valence-corrected chi connectivity index (χ2v) is 15.2. The second-order valence-electron chi connectivity index (χ2n) is 14.8. The SMILES string of the molecule is CC(C)CCC[C@@H](C)[C@H]1CC[C@@H]2[C@H]3CC[C@@H]4C[C@]5(C#Cc6ccccc6Cl)O[C@H]5C[C@]4(C)[C@H]3CC[C@@]21C. The van der Waals surface area contributed by atoms with Crippen LogP contribution in [-0.2, 0) is 4.74 Å². The minimum Gasteiger partial charge on any atom is -0.352 e. The lowest BCUT2D eigenvalue weighted by atomic mass is 9.44. The van der Waals surface area contributed by atoms with E-state index in [1.807, 2.05) is 24.3 Å². The van der Waals surface area contributed by atoms with Crippen molar-refractivity contribution in [2.24, 2.45) is 52.3 Å². The molecule has 6 rings (SSSR count). The van der Waals surface area contributed by atoms with E-state index in [0.29, 0.717) is 16.9 Å². The molecule has 1 aliphatic heterocycles. The van der Waals surface area contributed by atoms with Gasteiger partial charge in [-0.1, -0.05) is 89.5 Å². The number of halogens is 1. The number of hydrogen-bond donors (Lipinski definition) is 0. The van der Waals surface area contributed by atoms with Crippen molar-refractivity contribution in [3.8, 4) is 11.8 Å². The Balaban J connectivity index is 1.15. The highest BCUT2D eigenvalue weighted by atomic mass is 35.5. The molecule has 4 aliphatic carbocycles. The first-order valence-corrected chi connectivity index (χ1v) is 16.0. The molecule has 0 spiro atoms. The summed E-state index contributed by atoms with van der Waals surface area (Å²) in [4.78, 5) is 0. The molecule has 1 aromatic rings. The van der Waals surface area contributed by atoms with Crippen molar-refractivity contribution in [2.45, 2.75) is 117 Å². The van der Waals surface area contributed by atoms with Crippen LogP contribution in [0.3, 0.4) is 0 Å². The van der Waals surface area contributed by atoms with Crippen LogP contribution >= 0.6 is 11.6 Å². The lowest BCUT2D eigenvalue weighted by Gasteiger charge is -2.60. The topological polar surface area (TPSA) is 12.5 Å². The van der Waals surface area contributed by atoms with Crippen LogP contribution in [0, 0.1) is 64.1 Å². The van der Waals surface area contributed by atoms with E-state index in [4.69, 9.17) is 16.3 Å². The summed E-state index contributed by atoms with van der Waals surface area (Å²) in [5.41, 5.74) is 1.74. The van der Waals surface area contributed by atoms with E-state index in [1.165, 1.54) is 64.2 Å². The Labute approximate surface area is 231 Å². The predicted molar refractivity (Wildman–Crippen MR) is 154 cm³/mol. The number of rotatable bonds is 5. The standard InChI is InChI=1S/C35H49ClO/c1-23(2)9-8-10-24(3)28-15-16-29-27-14-13-26-21-35(20-17-25-11-6-7-12-31(25)36)32(37-35)22-34(26,5)30(27)18-19-33(28,29)4/h6-7,11-12,23-24,26-30,32H,8-10,13-16,18-19,21-22H2,1-5H3/t24-,26-,27-,28-,29-,30+,32+,33-,34+,35+/m1/s1. The molecule has 1 aromatic carbocycles. The van der Waals surface area contributed by atoms with Gasteiger partial charge in [-0.05, 0) is 116 Å². The minimum absolute atomic E-state index is 0.205. The van der Waals surface area contributed by atoms with Gasteiger partial charge in [0, 0.05) is 5.56 Å². The summed E-state index contributed by atoms with van der Waals surface area (Å²) in [6, 6.07) is 7.96. The predicted octanol–water partition coefficient (Wildman–Crippen LogP) is 9.56. The Morgan fingerprint density at radius 2 is 1.73 bits per heavy atom. The fourth-order valence-electron chi connectivity index (χ4n) is 10.5. The molecule has 0 unspecified atom stereocenters. The summed E-state index contributed by atoms with van der Waals surface area (Å²) in [6.07, 6.45) is 15.6. The van der Waals surface area contributed by atoms with Crippen molar-refractivity contribution in [3.05, 3.63) is 34.9 Å². The Bertz CT molecular complexity index is 1070. The molecule has 2 heteroatoms. The van der Waals surface area contributed by atoms with Gasteiger partial charge in [-0.2, -0.15) is 0 Å². The first kappa shape index (κ1) is 26.3. The fraction of sp³-hybridized carbons (Fsp3) is 0.771. The van der Waals surface area contributed by atoms with E-state index in [0.717, 1.165) is 58.4 Å². The summed E-state index contributed by atoms with van der Waals surface area (Å²) in [7, 11) is 0. The van der Waals surface area contributed by atoms with Crippen LogP contribution in [0.1, 0.15) is 111 Å². The van der Waals surface area contributed by atoms with Crippen molar-refractivity contribution >= 4 is 11.6 Å². The van der Waals surface area contributed by atoms with Crippen LogP contribution in [0.4, 0.5) is 0 Å². The van der Waals surface area contributed by atoms with E-state index in [-0.39, 0.29) is 5.60 Å². The molecule has 0 radical (unpaired) electrons. The molecule has 202 valence electrons. The first-order chi connectivity index (χ1) is 17.7. The van der Waals surface area contributed by atoms with Gasteiger partial charge in [0.2, 0.25) is 0 Å². The van der Waals surface area contributed by atoms with Gasteiger partial charge in [0.25, 0.3) is 0 Å². The smallest absolute Gasteiger partial charge is 0.155 e. The lowest BCUT2D eigenvalue weighted by Crippen LogP contribution is -2.54. The molecule has 0 amide bonds. The van der Waals surface area contributed by atoms with Crippen LogP contribution in [0.15, 0.2) is 24.3 Å². The minimum atomic E-state index is -0.205. The number of epoxide rings is 1. The van der Waals surface area contributed by atoms with E-state index in [9.17, 15) is 0 Å². The Hall–Kier alpha value is -0.970. The zero-order chi connectivity index (χ0) is 26.0. The van der Waals surface area contributed by atoms with Gasteiger partial charge in [0.1, 0.15) is 6.10 Å². The van der Waals surface area contributed by atoms with Crippen molar-refractivity contribution < 1.29 is 4.74 Å². The van der Waals surface area contributed by atoms with E-state index in [1.54, 1.807) is 0 Å². The molecule has 5 fully saturated rings. The quantitative estimate of drug-likeness (QED) is 0.278. The third-order valence-electron chi connectivity index (χ3n) is 12.5. The average Bonchev–Trinajstić information content (AvgIpc) is 3.41. The highest BCUT2D eigenvalue weighted by Crippen LogP contribution is 2.71. The normalized spacial score (nSPS) is 44.6. The van der Waals surface area contributed by atoms with Gasteiger partial charge in [-0.15, -0.1) is 0 Å². The van der Waals surface area contributed by atoms with Gasteiger partial charge < -0.3 is 4.74 Å². The first-order valence-electron chi connectivity index (χ1n) is 15.6. The highest BCUT2D eigenvalue weighted by molar-refractivity contribution is 6.31. The van der Waals surface area contributed by atoms with Crippen molar-refractivity contribution in [1.82, 2.24) is 0 Å². The lowest BCUT2D eigenvalue weighted by molar-refractivity contribution is -0.112.